The lowest BCUT2D eigenvalue weighted by atomic mass is 10.2. The van der Waals surface area contributed by atoms with Gasteiger partial charge in [0.25, 0.3) is 0 Å². The van der Waals surface area contributed by atoms with Crippen LogP contribution in [0, 0.1) is 5.82 Å². The second-order valence-corrected chi connectivity index (χ2v) is 3.83. The average molecular weight is 226 g/mol. The van der Waals surface area contributed by atoms with Crippen LogP contribution in [0.4, 0.5) is 4.39 Å². The van der Waals surface area contributed by atoms with Crippen LogP contribution in [0.5, 0.6) is 0 Å². The Hall–Kier alpha value is -0.970. The van der Waals surface area contributed by atoms with Gasteiger partial charge in [-0.2, -0.15) is 0 Å². The molecule has 0 aliphatic rings. The van der Waals surface area contributed by atoms with E-state index in [0.29, 0.717) is 19.8 Å². The summed E-state index contributed by atoms with van der Waals surface area (Å²) in [6.45, 7) is 1.64. The molecule has 16 heavy (non-hydrogen) atoms. The van der Waals surface area contributed by atoms with E-state index >= 15 is 0 Å². The van der Waals surface area contributed by atoms with E-state index in [0.717, 1.165) is 18.4 Å². The molecule has 0 radical (unpaired) electrons. The van der Waals surface area contributed by atoms with Gasteiger partial charge in [-0.25, -0.2) is 4.39 Å². The van der Waals surface area contributed by atoms with Crippen molar-refractivity contribution in [3.8, 4) is 0 Å². The van der Waals surface area contributed by atoms with Gasteiger partial charge in [0, 0.05) is 6.04 Å². The Labute approximate surface area is 95.6 Å². The summed E-state index contributed by atoms with van der Waals surface area (Å²) in [5.41, 5.74) is 12.1. The van der Waals surface area contributed by atoms with Crippen molar-refractivity contribution in [1.82, 2.24) is 0 Å². The summed E-state index contributed by atoms with van der Waals surface area (Å²) < 4.78 is 18.0. The summed E-state index contributed by atoms with van der Waals surface area (Å²) >= 11 is 0. The van der Waals surface area contributed by atoms with Crippen LogP contribution in [-0.4, -0.2) is 19.2 Å². The van der Waals surface area contributed by atoms with Crippen LogP contribution < -0.4 is 11.5 Å². The molecule has 1 atom stereocenters. The highest BCUT2D eigenvalue weighted by molar-refractivity contribution is 5.14. The Bertz CT molecular complexity index is 290. The van der Waals surface area contributed by atoms with E-state index < -0.39 is 0 Å². The number of nitrogens with two attached hydrogens (primary N) is 2. The molecule has 0 aliphatic heterocycles. The van der Waals surface area contributed by atoms with Crippen LogP contribution in [0.15, 0.2) is 24.3 Å². The third kappa shape index (κ3) is 5.21. The monoisotopic (exact) mass is 226 g/mol. The molecule has 4 heteroatoms. The molecule has 0 heterocycles. The summed E-state index contributed by atoms with van der Waals surface area (Å²) in [6, 6.07) is 6.30. The number of hydrogen-bond donors (Lipinski definition) is 2. The van der Waals surface area contributed by atoms with Crippen LogP contribution in [0.25, 0.3) is 0 Å². The first-order valence-corrected chi connectivity index (χ1v) is 5.50. The second kappa shape index (κ2) is 7.33. The van der Waals surface area contributed by atoms with Crippen molar-refractivity contribution < 1.29 is 9.13 Å². The molecule has 1 unspecified atom stereocenters. The van der Waals surface area contributed by atoms with Gasteiger partial charge in [0.2, 0.25) is 0 Å². The van der Waals surface area contributed by atoms with Gasteiger partial charge in [0.05, 0.1) is 13.2 Å². The van der Waals surface area contributed by atoms with Crippen molar-refractivity contribution in [1.29, 1.82) is 0 Å². The van der Waals surface area contributed by atoms with Crippen LogP contribution in [0.1, 0.15) is 18.4 Å². The molecule has 0 amide bonds. The Morgan fingerprint density at radius 2 is 1.94 bits per heavy atom. The maximum atomic E-state index is 12.6. The van der Waals surface area contributed by atoms with Crippen molar-refractivity contribution in [2.24, 2.45) is 11.5 Å². The van der Waals surface area contributed by atoms with Gasteiger partial charge in [-0.15, -0.1) is 0 Å². The van der Waals surface area contributed by atoms with Crippen LogP contribution in [-0.2, 0) is 11.3 Å². The van der Waals surface area contributed by atoms with Crippen LogP contribution >= 0.6 is 0 Å². The van der Waals surface area contributed by atoms with E-state index in [-0.39, 0.29) is 11.9 Å². The molecule has 0 aromatic heterocycles. The molecule has 0 spiro atoms. The molecule has 0 aliphatic carbocycles. The molecule has 90 valence electrons. The Balaban J connectivity index is 2.17. The quantitative estimate of drug-likeness (QED) is 0.739. The van der Waals surface area contributed by atoms with Crippen LogP contribution in [0.2, 0.25) is 0 Å². The Morgan fingerprint density at radius 3 is 2.56 bits per heavy atom. The predicted molar refractivity (Wildman–Crippen MR) is 62.3 cm³/mol. The number of ether oxygens (including phenoxy) is 1. The molecule has 0 saturated heterocycles. The Morgan fingerprint density at radius 1 is 1.25 bits per heavy atom. The topological polar surface area (TPSA) is 61.3 Å². The van der Waals surface area contributed by atoms with Gasteiger partial charge in [-0.05, 0) is 37.1 Å². The zero-order valence-corrected chi connectivity index (χ0v) is 9.36. The summed E-state index contributed by atoms with van der Waals surface area (Å²) in [5.74, 6) is -0.233. The molecule has 3 nitrogen and oxygen atoms in total. The molecule has 0 bridgehead atoms. The minimum Gasteiger partial charge on any atom is -0.375 e. The van der Waals surface area contributed by atoms with Gasteiger partial charge >= 0.3 is 0 Å². The Kier molecular flexibility index (Phi) is 6.00. The van der Waals surface area contributed by atoms with E-state index in [1.54, 1.807) is 12.1 Å². The van der Waals surface area contributed by atoms with Gasteiger partial charge in [0.1, 0.15) is 5.82 Å². The normalized spacial score (nSPS) is 12.7. The highest BCUT2D eigenvalue weighted by atomic mass is 19.1. The lowest BCUT2D eigenvalue weighted by Crippen LogP contribution is -2.26. The lowest BCUT2D eigenvalue weighted by molar-refractivity contribution is 0.105. The summed E-state index contributed by atoms with van der Waals surface area (Å²) in [6.07, 6.45) is 1.79. The van der Waals surface area contributed by atoms with Gasteiger partial charge in [0.15, 0.2) is 0 Å². The van der Waals surface area contributed by atoms with Gasteiger partial charge in [-0.1, -0.05) is 12.1 Å². The number of halogens is 1. The first kappa shape index (κ1) is 13.1. The van der Waals surface area contributed by atoms with E-state index in [4.69, 9.17) is 16.2 Å². The minimum atomic E-state index is -0.233. The first-order chi connectivity index (χ1) is 7.72. The highest BCUT2D eigenvalue weighted by Gasteiger charge is 2.02. The summed E-state index contributed by atoms with van der Waals surface area (Å²) in [7, 11) is 0. The first-order valence-electron chi connectivity index (χ1n) is 5.50. The third-order valence-electron chi connectivity index (χ3n) is 2.29. The number of benzene rings is 1. The maximum Gasteiger partial charge on any atom is 0.123 e. The van der Waals surface area contributed by atoms with Crippen LogP contribution in [0.3, 0.4) is 0 Å². The second-order valence-electron chi connectivity index (χ2n) is 3.83. The molecule has 1 rings (SSSR count). The number of hydrogen-bond acceptors (Lipinski definition) is 3. The van der Waals surface area contributed by atoms with Gasteiger partial charge in [-0.3, -0.25) is 0 Å². The average Bonchev–Trinajstić information content (AvgIpc) is 2.29. The van der Waals surface area contributed by atoms with E-state index in [2.05, 4.69) is 0 Å². The fourth-order valence-electron chi connectivity index (χ4n) is 1.37. The zero-order valence-electron chi connectivity index (χ0n) is 9.36. The standard InChI is InChI=1S/C12H19FN2O/c13-11-5-3-10(4-6-11)8-16-9-12(15)2-1-7-14/h3-6,12H,1-2,7-9,14-15H2. The maximum absolute atomic E-state index is 12.6. The van der Waals surface area contributed by atoms with Crippen molar-refractivity contribution in [2.75, 3.05) is 13.2 Å². The molecule has 1 aromatic carbocycles. The zero-order chi connectivity index (χ0) is 11.8. The van der Waals surface area contributed by atoms with E-state index in [1.165, 1.54) is 12.1 Å². The van der Waals surface area contributed by atoms with Gasteiger partial charge < -0.3 is 16.2 Å². The molecule has 1 aromatic rings. The van der Waals surface area contributed by atoms with E-state index in [9.17, 15) is 4.39 Å². The predicted octanol–water partition coefficient (Wildman–Crippen LogP) is 1.41. The van der Waals surface area contributed by atoms with Crippen molar-refractivity contribution in [2.45, 2.75) is 25.5 Å². The SMILES string of the molecule is NCCCC(N)COCc1ccc(F)cc1. The highest BCUT2D eigenvalue weighted by Crippen LogP contribution is 2.04. The largest absolute Gasteiger partial charge is 0.375 e. The lowest BCUT2D eigenvalue weighted by Gasteiger charge is -2.11. The van der Waals surface area contributed by atoms with Crippen molar-refractivity contribution >= 4 is 0 Å². The number of rotatable bonds is 7. The molecular formula is C12H19FN2O. The molecule has 0 fully saturated rings. The van der Waals surface area contributed by atoms with E-state index in [1.807, 2.05) is 0 Å². The van der Waals surface area contributed by atoms with Crippen molar-refractivity contribution in [3.05, 3.63) is 35.6 Å². The fourth-order valence-corrected chi connectivity index (χ4v) is 1.37. The summed E-state index contributed by atoms with van der Waals surface area (Å²) in [4.78, 5) is 0. The van der Waals surface area contributed by atoms with Crippen molar-refractivity contribution in [3.63, 3.8) is 0 Å². The third-order valence-corrected chi connectivity index (χ3v) is 2.29. The molecule has 4 N–H and O–H groups in total. The molecule has 0 saturated carbocycles. The fraction of sp³-hybridized carbons (Fsp3) is 0.500. The smallest absolute Gasteiger partial charge is 0.123 e. The minimum absolute atomic E-state index is 0.0315. The summed E-state index contributed by atoms with van der Waals surface area (Å²) in [5, 5.41) is 0. The molecular weight excluding hydrogens is 207 g/mol.